The van der Waals surface area contributed by atoms with E-state index in [4.69, 9.17) is 4.42 Å². The largest absolute Gasteiger partial charge is 0.447 e. The molecule has 114 valence electrons. The molecule has 0 atom stereocenters. The number of sulfonamides is 1. The number of nitrogens with one attached hydrogen (secondary N) is 2. The zero-order valence-corrected chi connectivity index (χ0v) is 12.8. The summed E-state index contributed by atoms with van der Waals surface area (Å²) in [6.07, 6.45) is 7.70. The first-order valence-electron chi connectivity index (χ1n) is 7.37. The van der Waals surface area contributed by atoms with Gasteiger partial charge in [-0.25, -0.2) is 13.1 Å². The summed E-state index contributed by atoms with van der Waals surface area (Å²) in [6.45, 7) is 0.527. The molecule has 1 aromatic heterocycles. The van der Waals surface area contributed by atoms with Crippen LogP contribution in [0.15, 0.2) is 21.6 Å². The molecule has 1 saturated carbocycles. The van der Waals surface area contributed by atoms with Crippen molar-refractivity contribution in [3.63, 3.8) is 0 Å². The summed E-state index contributed by atoms with van der Waals surface area (Å²) < 4.78 is 32.7. The SMILES string of the molecule is CNCc1ccc(S(=O)(=O)NC2CCCCCCC2)o1. The van der Waals surface area contributed by atoms with Crippen molar-refractivity contribution < 1.29 is 12.8 Å². The lowest BCUT2D eigenvalue weighted by molar-refractivity contribution is 0.391. The van der Waals surface area contributed by atoms with Crippen molar-refractivity contribution in [1.82, 2.24) is 10.0 Å². The Morgan fingerprint density at radius 2 is 1.80 bits per heavy atom. The van der Waals surface area contributed by atoms with Gasteiger partial charge in [-0.15, -0.1) is 0 Å². The highest BCUT2D eigenvalue weighted by Gasteiger charge is 2.23. The van der Waals surface area contributed by atoms with Crippen molar-refractivity contribution in [2.24, 2.45) is 0 Å². The van der Waals surface area contributed by atoms with Crippen LogP contribution in [0.4, 0.5) is 0 Å². The summed E-state index contributed by atoms with van der Waals surface area (Å²) in [7, 11) is -1.73. The fourth-order valence-corrected chi connectivity index (χ4v) is 3.88. The second-order valence-corrected chi connectivity index (χ2v) is 7.06. The molecular formula is C14H24N2O3S. The van der Waals surface area contributed by atoms with Crippen molar-refractivity contribution in [3.05, 3.63) is 17.9 Å². The van der Waals surface area contributed by atoms with Gasteiger partial charge < -0.3 is 9.73 Å². The number of furan rings is 1. The van der Waals surface area contributed by atoms with Crippen molar-refractivity contribution >= 4 is 10.0 Å². The zero-order chi connectivity index (χ0) is 14.4. The van der Waals surface area contributed by atoms with Crippen LogP contribution in [0.1, 0.15) is 50.7 Å². The van der Waals surface area contributed by atoms with Crippen molar-refractivity contribution in [1.29, 1.82) is 0 Å². The molecule has 0 saturated heterocycles. The van der Waals surface area contributed by atoms with Crippen LogP contribution in [0.5, 0.6) is 0 Å². The van der Waals surface area contributed by atoms with E-state index in [1.165, 1.54) is 25.3 Å². The van der Waals surface area contributed by atoms with E-state index >= 15 is 0 Å². The maximum atomic E-state index is 12.3. The van der Waals surface area contributed by atoms with Gasteiger partial charge in [0.25, 0.3) is 10.0 Å². The monoisotopic (exact) mass is 300 g/mol. The highest BCUT2D eigenvalue weighted by Crippen LogP contribution is 2.20. The Balaban J connectivity index is 2.01. The van der Waals surface area contributed by atoms with Crippen LogP contribution in [-0.4, -0.2) is 21.5 Å². The molecule has 0 aromatic carbocycles. The molecule has 0 spiro atoms. The van der Waals surface area contributed by atoms with Gasteiger partial charge in [-0.05, 0) is 32.0 Å². The van der Waals surface area contributed by atoms with Crippen LogP contribution in [-0.2, 0) is 16.6 Å². The third kappa shape index (κ3) is 4.33. The summed E-state index contributed by atoms with van der Waals surface area (Å²) >= 11 is 0. The van der Waals surface area contributed by atoms with Crippen molar-refractivity contribution in [2.75, 3.05) is 7.05 Å². The van der Waals surface area contributed by atoms with Crippen LogP contribution in [0, 0.1) is 0 Å². The molecule has 5 nitrogen and oxygen atoms in total. The van der Waals surface area contributed by atoms with Crippen LogP contribution in [0.3, 0.4) is 0 Å². The number of hydrogen-bond donors (Lipinski definition) is 2. The Kier molecular flexibility index (Phi) is 5.63. The average molecular weight is 300 g/mol. The van der Waals surface area contributed by atoms with Crippen molar-refractivity contribution in [3.8, 4) is 0 Å². The van der Waals surface area contributed by atoms with E-state index in [0.29, 0.717) is 12.3 Å². The van der Waals surface area contributed by atoms with Gasteiger partial charge in [0.1, 0.15) is 5.76 Å². The fourth-order valence-electron chi connectivity index (χ4n) is 2.62. The van der Waals surface area contributed by atoms with Crippen LogP contribution in [0.25, 0.3) is 0 Å². The third-order valence-electron chi connectivity index (χ3n) is 3.68. The standard InChI is InChI=1S/C14H24N2O3S/c1-15-11-13-9-10-14(19-13)20(17,18)16-12-7-5-3-2-4-6-8-12/h9-10,12,15-16H,2-8,11H2,1H3. The smallest absolute Gasteiger partial charge is 0.274 e. The highest BCUT2D eigenvalue weighted by atomic mass is 32.2. The van der Waals surface area contributed by atoms with Gasteiger partial charge in [0, 0.05) is 6.04 Å². The zero-order valence-electron chi connectivity index (χ0n) is 12.0. The lowest BCUT2D eigenvalue weighted by Gasteiger charge is -2.20. The van der Waals surface area contributed by atoms with E-state index in [1.807, 2.05) is 0 Å². The minimum atomic E-state index is -3.53. The molecular weight excluding hydrogens is 276 g/mol. The minimum absolute atomic E-state index is 0.0183. The Labute approximate surface area is 121 Å². The second-order valence-electron chi connectivity index (χ2n) is 5.41. The molecule has 0 unspecified atom stereocenters. The molecule has 0 amide bonds. The van der Waals surface area contributed by atoms with Gasteiger partial charge in [0.2, 0.25) is 5.09 Å². The Hall–Kier alpha value is -0.850. The van der Waals surface area contributed by atoms with Gasteiger partial charge >= 0.3 is 0 Å². The molecule has 6 heteroatoms. The summed E-state index contributed by atoms with van der Waals surface area (Å²) in [5.41, 5.74) is 0. The first-order chi connectivity index (χ1) is 9.62. The summed E-state index contributed by atoms with van der Waals surface area (Å²) in [5, 5.41) is 2.95. The molecule has 1 fully saturated rings. The topological polar surface area (TPSA) is 71.3 Å². The summed E-state index contributed by atoms with van der Waals surface area (Å²) in [4.78, 5) is 0. The second kappa shape index (κ2) is 7.24. The predicted molar refractivity (Wildman–Crippen MR) is 77.9 cm³/mol. The lowest BCUT2D eigenvalue weighted by Crippen LogP contribution is -2.35. The van der Waals surface area contributed by atoms with Gasteiger partial charge in [-0.2, -0.15) is 0 Å². The maximum absolute atomic E-state index is 12.3. The van der Waals surface area contributed by atoms with E-state index in [0.717, 1.165) is 25.7 Å². The molecule has 2 N–H and O–H groups in total. The van der Waals surface area contributed by atoms with Gasteiger partial charge in [-0.1, -0.05) is 32.1 Å². The average Bonchev–Trinajstić information content (AvgIpc) is 2.82. The summed E-state index contributed by atoms with van der Waals surface area (Å²) in [5.74, 6) is 0.630. The molecule has 2 rings (SSSR count). The van der Waals surface area contributed by atoms with E-state index in [9.17, 15) is 8.42 Å². The normalized spacial score (nSPS) is 18.6. The lowest BCUT2D eigenvalue weighted by atomic mass is 9.97. The van der Waals surface area contributed by atoms with Crippen LogP contribution < -0.4 is 10.0 Å². The van der Waals surface area contributed by atoms with Gasteiger partial charge in [0.05, 0.1) is 6.54 Å². The Morgan fingerprint density at radius 1 is 1.15 bits per heavy atom. The highest BCUT2D eigenvalue weighted by molar-refractivity contribution is 7.89. The van der Waals surface area contributed by atoms with E-state index in [-0.39, 0.29) is 11.1 Å². The molecule has 1 aliphatic rings. The van der Waals surface area contributed by atoms with E-state index in [2.05, 4.69) is 10.0 Å². The molecule has 1 aromatic rings. The molecule has 1 heterocycles. The Morgan fingerprint density at radius 3 is 2.45 bits per heavy atom. The number of rotatable bonds is 5. The molecule has 0 bridgehead atoms. The quantitative estimate of drug-likeness (QED) is 0.876. The van der Waals surface area contributed by atoms with E-state index < -0.39 is 10.0 Å². The molecule has 1 aliphatic carbocycles. The van der Waals surface area contributed by atoms with Crippen molar-refractivity contribution in [2.45, 2.75) is 62.6 Å². The van der Waals surface area contributed by atoms with E-state index in [1.54, 1.807) is 13.1 Å². The Bertz CT molecular complexity index is 502. The fraction of sp³-hybridized carbons (Fsp3) is 0.714. The first kappa shape index (κ1) is 15.5. The first-order valence-corrected chi connectivity index (χ1v) is 8.86. The van der Waals surface area contributed by atoms with Crippen LogP contribution >= 0.6 is 0 Å². The molecule has 0 aliphatic heterocycles. The third-order valence-corrected chi connectivity index (χ3v) is 5.07. The van der Waals surface area contributed by atoms with Crippen LogP contribution in [0.2, 0.25) is 0 Å². The van der Waals surface area contributed by atoms with Gasteiger partial charge in [0.15, 0.2) is 0 Å². The maximum Gasteiger partial charge on any atom is 0.274 e. The minimum Gasteiger partial charge on any atom is -0.447 e. The summed E-state index contributed by atoms with van der Waals surface area (Å²) in [6, 6.07) is 3.26. The number of hydrogen-bond acceptors (Lipinski definition) is 4. The predicted octanol–water partition coefficient (Wildman–Crippen LogP) is 2.39. The molecule has 20 heavy (non-hydrogen) atoms. The van der Waals surface area contributed by atoms with Gasteiger partial charge in [-0.3, -0.25) is 0 Å². The molecule has 0 radical (unpaired) electrons.